The number of fused-ring (bicyclic) bond motifs is 1. The first-order valence-corrected chi connectivity index (χ1v) is 10.6. The van der Waals surface area contributed by atoms with E-state index in [-0.39, 0.29) is 10.7 Å². The van der Waals surface area contributed by atoms with E-state index in [4.69, 9.17) is 26.4 Å². The number of methoxy groups -OCH3 is 3. The Morgan fingerprint density at radius 1 is 1.03 bits per heavy atom. The van der Waals surface area contributed by atoms with E-state index in [2.05, 4.69) is 9.88 Å². The molecule has 0 radical (unpaired) electrons. The van der Waals surface area contributed by atoms with Crippen LogP contribution in [0.3, 0.4) is 0 Å². The number of hydrogen-bond acceptors (Lipinski definition) is 6. The summed E-state index contributed by atoms with van der Waals surface area (Å²) in [4.78, 5) is 27.5. The van der Waals surface area contributed by atoms with Crippen LogP contribution in [0.2, 0.25) is 0 Å². The van der Waals surface area contributed by atoms with Gasteiger partial charge in [-0.15, -0.1) is 0 Å². The highest BCUT2D eigenvalue weighted by molar-refractivity contribution is 7.80. The third kappa shape index (κ3) is 3.80. The van der Waals surface area contributed by atoms with Gasteiger partial charge in [-0.05, 0) is 31.3 Å². The fourth-order valence-electron chi connectivity index (χ4n) is 3.90. The minimum absolute atomic E-state index is 0.0312. The van der Waals surface area contributed by atoms with Gasteiger partial charge in [0.1, 0.15) is 5.57 Å². The largest absolute Gasteiger partial charge is 0.493 e. The molecule has 2 aromatic carbocycles. The molecule has 0 unspecified atom stereocenters. The van der Waals surface area contributed by atoms with Gasteiger partial charge in [0, 0.05) is 41.3 Å². The molecule has 1 saturated heterocycles. The van der Waals surface area contributed by atoms with Crippen LogP contribution in [-0.2, 0) is 16.1 Å². The summed E-state index contributed by atoms with van der Waals surface area (Å²) in [7, 11) is 4.45. The van der Waals surface area contributed by atoms with Crippen molar-refractivity contribution in [2.75, 3.05) is 26.2 Å². The number of para-hydroxylation sites is 1. The lowest BCUT2D eigenvalue weighted by atomic mass is 10.1. The van der Waals surface area contributed by atoms with Crippen LogP contribution in [0, 0.1) is 0 Å². The van der Waals surface area contributed by atoms with E-state index >= 15 is 0 Å². The van der Waals surface area contributed by atoms with E-state index in [1.807, 2.05) is 37.4 Å². The number of ether oxygens (including phenoxy) is 3. The SMILES string of the molecule is CCn1cc(C=C2C(=O)NC(=S)N(c3cc(OC)c(OC)c(OC)c3)C2=O)c2ccccc21. The van der Waals surface area contributed by atoms with Gasteiger partial charge in [0.2, 0.25) is 5.75 Å². The van der Waals surface area contributed by atoms with E-state index in [1.165, 1.54) is 26.2 Å². The third-order valence-electron chi connectivity index (χ3n) is 5.47. The molecule has 0 spiro atoms. The van der Waals surface area contributed by atoms with Gasteiger partial charge >= 0.3 is 0 Å². The van der Waals surface area contributed by atoms with Crippen molar-refractivity contribution < 1.29 is 23.8 Å². The Labute approximate surface area is 196 Å². The van der Waals surface area contributed by atoms with E-state index in [1.54, 1.807) is 18.2 Å². The zero-order chi connectivity index (χ0) is 23.7. The Morgan fingerprint density at radius 2 is 1.70 bits per heavy atom. The lowest BCUT2D eigenvalue weighted by molar-refractivity contribution is -0.122. The van der Waals surface area contributed by atoms with Gasteiger partial charge in [0.05, 0.1) is 27.0 Å². The van der Waals surface area contributed by atoms with Crippen molar-refractivity contribution in [3.8, 4) is 17.2 Å². The average molecular weight is 466 g/mol. The van der Waals surface area contributed by atoms with Crippen molar-refractivity contribution in [3.63, 3.8) is 0 Å². The van der Waals surface area contributed by atoms with E-state index in [0.29, 0.717) is 22.9 Å². The van der Waals surface area contributed by atoms with E-state index in [9.17, 15) is 9.59 Å². The quantitative estimate of drug-likeness (QED) is 0.341. The lowest BCUT2D eigenvalue weighted by Crippen LogP contribution is -2.54. The predicted molar refractivity (Wildman–Crippen MR) is 130 cm³/mol. The van der Waals surface area contributed by atoms with Crippen LogP contribution in [0.4, 0.5) is 5.69 Å². The second-order valence-electron chi connectivity index (χ2n) is 7.23. The molecule has 1 aromatic heterocycles. The highest BCUT2D eigenvalue weighted by Crippen LogP contribution is 2.41. The minimum Gasteiger partial charge on any atom is -0.493 e. The molecule has 3 aromatic rings. The summed E-state index contributed by atoms with van der Waals surface area (Å²) in [5, 5.41) is 3.52. The number of hydrogen-bond donors (Lipinski definition) is 1. The van der Waals surface area contributed by atoms with Gasteiger partial charge < -0.3 is 18.8 Å². The van der Waals surface area contributed by atoms with Gasteiger partial charge in [0.15, 0.2) is 16.6 Å². The van der Waals surface area contributed by atoms with Crippen LogP contribution in [0.5, 0.6) is 17.2 Å². The van der Waals surface area contributed by atoms with E-state index in [0.717, 1.165) is 23.0 Å². The van der Waals surface area contributed by atoms with Crippen LogP contribution < -0.4 is 24.4 Å². The van der Waals surface area contributed by atoms with Crippen molar-refractivity contribution in [1.82, 2.24) is 9.88 Å². The molecule has 0 saturated carbocycles. The molecule has 2 amide bonds. The van der Waals surface area contributed by atoms with Crippen LogP contribution in [0.1, 0.15) is 12.5 Å². The van der Waals surface area contributed by atoms with Crippen molar-refractivity contribution >= 4 is 51.8 Å². The molecular weight excluding hydrogens is 442 g/mol. The van der Waals surface area contributed by atoms with E-state index < -0.39 is 11.8 Å². The Morgan fingerprint density at radius 3 is 2.30 bits per heavy atom. The summed E-state index contributed by atoms with van der Waals surface area (Å²) >= 11 is 5.33. The molecule has 170 valence electrons. The zero-order valence-corrected chi connectivity index (χ0v) is 19.5. The fraction of sp³-hybridized carbons (Fsp3) is 0.208. The molecule has 1 aliphatic heterocycles. The van der Waals surface area contributed by atoms with Crippen molar-refractivity contribution in [2.24, 2.45) is 0 Å². The van der Waals surface area contributed by atoms with Crippen LogP contribution in [-0.4, -0.2) is 42.8 Å². The molecule has 2 heterocycles. The summed E-state index contributed by atoms with van der Waals surface area (Å²) < 4.78 is 18.2. The molecule has 1 fully saturated rings. The standard InChI is InChI=1S/C24H23N3O5S/c1-5-26-13-14(16-8-6-7-9-18(16)26)10-17-22(28)25-24(33)27(23(17)29)15-11-19(30-2)21(32-4)20(12-15)31-3/h6-13H,5H2,1-4H3,(H,25,28,33). The van der Waals surface area contributed by atoms with Gasteiger partial charge in [-0.3, -0.25) is 19.8 Å². The number of nitrogens with zero attached hydrogens (tertiary/aromatic N) is 2. The number of carbonyl (C=O) groups excluding carboxylic acids is 2. The van der Waals surface area contributed by atoms with Crippen LogP contribution in [0.15, 0.2) is 48.2 Å². The topological polar surface area (TPSA) is 82.0 Å². The van der Waals surface area contributed by atoms with Crippen molar-refractivity contribution in [3.05, 3.63) is 53.7 Å². The minimum atomic E-state index is -0.554. The second-order valence-corrected chi connectivity index (χ2v) is 7.62. The number of aryl methyl sites for hydroxylation is 1. The zero-order valence-electron chi connectivity index (χ0n) is 18.7. The normalized spacial score (nSPS) is 15.2. The number of thiocarbonyl (C=S) groups is 1. The number of amides is 2. The Bertz CT molecular complexity index is 1290. The van der Waals surface area contributed by atoms with Gasteiger partial charge in [-0.25, -0.2) is 0 Å². The molecule has 0 bridgehead atoms. The first-order valence-electron chi connectivity index (χ1n) is 10.2. The highest BCUT2D eigenvalue weighted by Gasteiger charge is 2.35. The number of carbonyl (C=O) groups is 2. The molecule has 8 nitrogen and oxygen atoms in total. The van der Waals surface area contributed by atoms with Crippen molar-refractivity contribution in [1.29, 1.82) is 0 Å². The molecule has 0 aliphatic carbocycles. The molecule has 1 N–H and O–H groups in total. The Hall–Kier alpha value is -3.85. The molecule has 0 atom stereocenters. The van der Waals surface area contributed by atoms with Crippen molar-refractivity contribution in [2.45, 2.75) is 13.5 Å². The van der Waals surface area contributed by atoms with Crippen LogP contribution >= 0.6 is 12.2 Å². The Balaban J connectivity index is 1.83. The monoisotopic (exact) mass is 465 g/mol. The van der Waals surface area contributed by atoms with Crippen LogP contribution in [0.25, 0.3) is 17.0 Å². The fourth-order valence-corrected chi connectivity index (χ4v) is 4.18. The summed E-state index contributed by atoms with van der Waals surface area (Å²) in [6, 6.07) is 11.0. The van der Waals surface area contributed by atoms with Gasteiger partial charge in [-0.2, -0.15) is 0 Å². The van der Waals surface area contributed by atoms with Gasteiger partial charge in [-0.1, -0.05) is 18.2 Å². The smallest absolute Gasteiger partial charge is 0.270 e. The first kappa shape index (κ1) is 22.3. The first-order chi connectivity index (χ1) is 15.9. The maximum atomic E-state index is 13.5. The third-order valence-corrected chi connectivity index (χ3v) is 5.75. The summed E-state index contributed by atoms with van der Waals surface area (Å²) in [5.74, 6) is -0.00790. The number of aromatic nitrogens is 1. The molecule has 33 heavy (non-hydrogen) atoms. The predicted octanol–water partition coefficient (Wildman–Crippen LogP) is 3.52. The maximum absolute atomic E-state index is 13.5. The summed E-state index contributed by atoms with van der Waals surface area (Å²) in [5.41, 5.74) is 2.13. The molecule has 9 heteroatoms. The highest BCUT2D eigenvalue weighted by atomic mass is 32.1. The van der Waals surface area contributed by atoms with Gasteiger partial charge in [0.25, 0.3) is 11.8 Å². The Kier molecular flexibility index (Phi) is 6.06. The molecule has 4 rings (SSSR count). The second kappa shape index (κ2) is 8.95. The maximum Gasteiger partial charge on any atom is 0.270 e. The summed E-state index contributed by atoms with van der Waals surface area (Å²) in [6.45, 7) is 2.79. The molecule has 1 aliphatic rings. The number of rotatable bonds is 6. The summed E-state index contributed by atoms with van der Waals surface area (Å²) in [6.07, 6.45) is 3.52. The number of benzene rings is 2. The number of nitrogens with one attached hydrogen (secondary N) is 1. The molecular formula is C24H23N3O5S. The number of anilines is 1. The average Bonchev–Trinajstić information content (AvgIpc) is 3.18. The lowest BCUT2D eigenvalue weighted by Gasteiger charge is -2.29.